The first-order valence-corrected chi connectivity index (χ1v) is 7.99. The molecule has 0 aliphatic carbocycles. The number of hydrogen-bond donors (Lipinski definition) is 0. The number of carbonyl (C=O) groups excluding carboxylic acids is 1. The Labute approximate surface area is 115 Å². The first-order chi connectivity index (χ1) is 8.96. The molecular formula is C10H15N3O4S2. The lowest BCUT2D eigenvalue weighted by molar-refractivity contribution is 0.0590. The van der Waals surface area contributed by atoms with Gasteiger partial charge in [-0.3, -0.25) is 0 Å². The van der Waals surface area contributed by atoms with E-state index in [0.717, 1.165) is 11.3 Å². The Bertz CT molecular complexity index is 561. The van der Waals surface area contributed by atoms with Crippen LogP contribution in [0.25, 0.3) is 0 Å². The molecule has 0 unspecified atom stereocenters. The summed E-state index contributed by atoms with van der Waals surface area (Å²) in [5.41, 5.74) is 1.21. The lowest BCUT2D eigenvalue weighted by atomic mass is 10.4. The molecule has 19 heavy (non-hydrogen) atoms. The second kappa shape index (κ2) is 5.53. The molecule has 2 heterocycles. The average Bonchev–Trinajstić information content (AvgIpc) is 2.88. The highest BCUT2D eigenvalue weighted by atomic mass is 32.2. The monoisotopic (exact) mass is 305 g/mol. The maximum Gasteiger partial charge on any atom is 0.358 e. The lowest BCUT2D eigenvalue weighted by Gasteiger charge is -2.31. The summed E-state index contributed by atoms with van der Waals surface area (Å²) in [6, 6.07) is 0. The van der Waals surface area contributed by atoms with Gasteiger partial charge in [-0.05, 0) is 7.05 Å². The number of piperazine rings is 1. The van der Waals surface area contributed by atoms with Crippen molar-refractivity contribution in [3.63, 3.8) is 0 Å². The molecule has 0 bridgehead atoms. The van der Waals surface area contributed by atoms with Crippen molar-refractivity contribution in [2.75, 3.05) is 40.3 Å². The summed E-state index contributed by atoms with van der Waals surface area (Å²) < 4.78 is 30.8. The van der Waals surface area contributed by atoms with E-state index in [1.807, 2.05) is 7.05 Å². The van der Waals surface area contributed by atoms with Gasteiger partial charge < -0.3 is 9.64 Å². The van der Waals surface area contributed by atoms with Crippen molar-refractivity contribution in [3.8, 4) is 0 Å². The van der Waals surface area contributed by atoms with Crippen LogP contribution in [-0.2, 0) is 14.8 Å². The number of rotatable bonds is 3. The van der Waals surface area contributed by atoms with E-state index in [1.165, 1.54) is 16.9 Å². The Morgan fingerprint density at radius 1 is 1.37 bits per heavy atom. The fourth-order valence-corrected chi connectivity index (χ4v) is 4.49. The van der Waals surface area contributed by atoms with Crippen molar-refractivity contribution in [1.29, 1.82) is 0 Å². The van der Waals surface area contributed by atoms with Crippen LogP contribution in [0.15, 0.2) is 9.72 Å². The fraction of sp³-hybridized carbons (Fsp3) is 0.600. The second-order valence-electron chi connectivity index (χ2n) is 4.19. The summed E-state index contributed by atoms with van der Waals surface area (Å²) in [6.07, 6.45) is 0. The van der Waals surface area contributed by atoms with Crippen molar-refractivity contribution < 1.29 is 17.9 Å². The molecule has 106 valence electrons. The lowest BCUT2D eigenvalue weighted by Crippen LogP contribution is -2.47. The molecule has 0 radical (unpaired) electrons. The van der Waals surface area contributed by atoms with Gasteiger partial charge in [-0.1, -0.05) is 0 Å². The normalized spacial score (nSPS) is 18.4. The van der Waals surface area contributed by atoms with Crippen LogP contribution in [-0.4, -0.2) is 68.9 Å². The highest BCUT2D eigenvalue weighted by Crippen LogP contribution is 2.25. The molecule has 1 aliphatic rings. The molecule has 0 spiro atoms. The average molecular weight is 305 g/mol. The molecule has 9 heteroatoms. The van der Waals surface area contributed by atoms with Gasteiger partial charge in [0.15, 0.2) is 9.90 Å². The zero-order chi connectivity index (χ0) is 14.0. The van der Waals surface area contributed by atoms with Gasteiger partial charge in [0.2, 0.25) is 0 Å². The summed E-state index contributed by atoms with van der Waals surface area (Å²) in [6.45, 7) is 2.17. The first-order valence-electron chi connectivity index (χ1n) is 5.67. The van der Waals surface area contributed by atoms with Crippen LogP contribution in [0, 0.1) is 0 Å². The number of likely N-dealkylation sites (N-methyl/N-ethyl adjacent to an activating group) is 1. The molecule has 1 aliphatic heterocycles. The summed E-state index contributed by atoms with van der Waals surface area (Å²) in [7, 11) is -0.523. The number of hydrogen-bond acceptors (Lipinski definition) is 7. The number of nitrogens with zero attached hydrogens (tertiary/aromatic N) is 3. The van der Waals surface area contributed by atoms with Gasteiger partial charge in [-0.15, -0.1) is 11.3 Å². The molecule has 0 aromatic carbocycles. The third-order valence-electron chi connectivity index (χ3n) is 2.95. The third kappa shape index (κ3) is 2.78. The number of methoxy groups -OCH3 is 1. The molecule has 1 aromatic heterocycles. The number of ether oxygens (including phenoxy) is 1. The largest absolute Gasteiger partial charge is 0.464 e. The molecule has 0 saturated carbocycles. The smallest absolute Gasteiger partial charge is 0.358 e. The summed E-state index contributed by atoms with van der Waals surface area (Å²) in [4.78, 5) is 17.4. The minimum atomic E-state index is -3.67. The Hall–Kier alpha value is -1.03. The van der Waals surface area contributed by atoms with E-state index in [2.05, 4.69) is 14.6 Å². The summed E-state index contributed by atoms with van der Waals surface area (Å²) in [5.74, 6) is -0.728. The van der Waals surface area contributed by atoms with Gasteiger partial charge in [0.05, 0.1) is 12.6 Å². The molecule has 0 N–H and O–H groups in total. The fourth-order valence-electron chi connectivity index (χ4n) is 1.80. The van der Waals surface area contributed by atoms with Crippen molar-refractivity contribution in [2.45, 2.75) is 4.21 Å². The number of carbonyl (C=O) groups is 1. The van der Waals surface area contributed by atoms with Crippen LogP contribution < -0.4 is 0 Å². The van der Waals surface area contributed by atoms with E-state index in [4.69, 9.17) is 0 Å². The zero-order valence-electron chi connectivity index (χ0n) is 10.7. The Kier molecular flexibility index (Phi) is 4.19. The minimum absolute atomic E-state index is 0.0381. The van der Waals surface area contributed by atoms with E-state index in [1.54, 1.807) is 0 Å². The van der Waals surface area contributed by atoms with Crippen molar-refractivity contribution in [3.05, 3.63) is 11.2 Å². The standard InChI is InChI=1S/C10H15N3O4S2/c1-12-3-5-13(6-4-12)19(15,16)10-8(9(14)17-2)11-7-18-10/h7H,3-6H2,1-2H3. The highest BCUT2D eigenvalue weighted by Gasteiger charge is 2.33. The van der Waals surface area contributed by atoms with Gasteiger partial charge in [0, 0.05) is 26.2 Å². The van der Waals surface area contributed by atoms with Crippen LogP contribution in [0.1, 0.15) is 10.5 Å². The number of esters is 1. The van der Waals surface area contributed by atoms with Crippen molar-refractivity contribution >= 4 is 27.3 Å². The maximum atomic E-state index is 12.5. The van der Waals surface area contributed by atoms with E-state index in [9.17, 15) is 13.2 Å². The second-order valence-corrected chi connectivity index (χ2v) is 7.18. The molecule has 0 atom stereocenters. The predicted octanol–water partition coefficient (Wildman–Crippen LogP) is -0.134. The van der Waals surface area contributed by atoms with Crippen LogP contribution in [0.4, 0.5) is 0 Å². The molecule has 7 nitrogen and oxygen atoms in total. The minimum Gasteiger partial charge on any atom is -0.464 e. The molecule has 0 amide bonds. The Balaban J connectivity index is 2.30. The molecule has 2 rings (SSSR count). The van der Waals surface area contributed by atoms with E-state index in [0.29, 0.717) is 26.2 Å². The van der Waals surface area contributed by atoms with Crippen LogP contribution >= 0.6 is 11.3 Å². The van der Waals surface area contributed by atoms with Crippen molar-refractivity contribution in [2.24, 2.45) is 0 Å². The summed E-state index contributed by atoms with van der Waals surface area (Å²) in [5, 5.41) is 0. The first kappa shape index (κ1) is 14.4. The van der Waals surface area contributed by atoms with E-state index in [-0.39, 0.29) is 9.90 Å². The Morgan fingerprint density at radius 2 is 2.00 bits per heavy atom. The molecule has 1 fully saturated rings. The number of sulfonamides is 1. The van der Waals surface area contributed by atoms with Gasteiger partial charge >= 0.3 is 5.97 Å². The number of thiazole rings is 1. The van der Waals surface area contributed by atoms with Gasteiger partial charge in [-0.2, -0.15) is 4.31 Å². The molecule has 1 saturated heterocycles. The maximum absolute atomic E-state index is 12.5. The number of aromatic nitrogens is 1. The topological polar surface area (TPSA) is 79.8 Å². The molecular weight excluding hydrogens is 290 g/mol. The predicted molar refractivity (Wildman–Crippen MR) is 69.7 cm³/mol. The third-order valence-corrected chi connectivity index (χ3v) is 6.20. The highest BCUT2D eigenvalue weighted by molar-refractivity contribution is 7.91. The van der Waals surface area contributed by atoms with E-state index < -0.39 is 16.0 Å². The van der Waals surface area contributed by atoms with Gasteiger partial charge in [0.25, 0.3) is 10.0 Å². The summed E-state index contributed by atoms with van der Waals surface area (Å²) >= 11 is 0.939. The van der Waals surface area contributed by atoms with Crippen molar-refractivity contribution in [1.82, 2.24) is 14.2 Å². The molecule has 1 aromatic rings. The Morgan fingerprint density at radius 3 is 2.58 bits per heavy atom. The van der Waals surface area contributed by atoms with Gasteiger partial charge in [-0.25, -0.2) is 18.2 Å². The zero-order valence-corrected chi connectivity index (χ0v) is 12.3. The van der Waals surface area contributed by atoms with Gasteiger partial charge in [0.1, 0.15) is 0 Å². The van der Waals surface area contributed by atoms with Crippen LogP contribution in [0.2, 0.25) is 0 Å². The van der Waals surface area contributed by atoms with E-state index >= 15 is 0 Å². The van der Waals surface area contributed by atoms with Crippen LogP contribution in [0.5, 0.6) is 0 Å². The van der Waals surface area contributed by atoms with Crippen LogP contribution in [0.3, 0.4) is 0 Å². The quantitative estimate of drug-likeness (QED) is 0.724. The SMILES string of the molecule is COC(=O)c1ncsc1S(=O)(=O)N1CCN(C)CC1.